The summed E-state index contributed by atoms with van der Waals surface area (Å²) in [6.07, 6.45) is 4.92. The molecule has 2 aliphatic heterocycles. The fourth-order valence-electron chi connectivity index (χ4n) is 4.80. The lowest BCUT2D eigenvalue weighted by Crippen LogP contribution is -2.53. The van der Waals surface area contributed by atoms with Gasteiger partial charge in [-0.05, 0) is 37.8 Å². The van der Waals surface area contributed by atoms with E-state index in [9.17, 15) is 19.7 Å². The second kappa shape index (κ2) is 7.41. The molecule has 3 aliphatic rings. The molecule has 0 aromatic heterocycles. The molecule has 1 saturated carbocycles. The van der Waals surface area contributed by atoms with Crippen LogP contribution in [0, 0.1) is 16.0 Å². The van der Waals surface area contributed by atoms with Gasteiger partial charge < -0.3 is 14.5 Å². The Morgan fingerprint density at radius 3 is 2.32 bits per heavy atom. The zero-order chi connectivity index (χ0) is 19.7. The first-order valence-corrected chi connectivity index (χ1v) is 9.99. The molecule has 4 rings (SSSR count). The van der Waals surface area contributed by atoms with Gasteiger partial charge in [0.25, 0.3) is 5.69 Å². The average Bonchev–Trinajstić information content (AvgIpc) is 3.03. The van der Waals surface area contributed by atoms with Gasteiger partial charge in [0.15, 0.2) is 0 Å². The van der Waals surface area contributed by atoms with Crippen LogP contribution in [0.3, 0.4) is 0 Å². The van der Waals surface area contributed by atoms with Crippen LogP contribution in [0.25, 0.3) is 0 Å². The van der Waals surface area contributed by atoms with Gasteiger partial charge in [0.05, 0.1) is 17.3 Å². The van der Waals surface area contributed by atoms with E-state index in [1.54, 1.807) is 12.1 Å². The number of nitrogens with zero attached hydrogens (tertiary/aromatic N) is 3. The predicted molar refractivity (Wildman–Crippen MR) is 102 cm³/mol. The molecule has 1 amide bonds. The van der Waals surface area contributed by atoms with Crippen molar-refractivity contribution in [3.63, 3.8) is 0 Å². The van der Waals surface area contributed by atoms with E-state index in [4.69, 9.17) is 4.74 Å². The summed E-state index contributed by atoms with van der Waals surface area (Å²) in [5, 5.41) is 10.8. The maximum atomic E-state index is 13.2. The van der Waals surface area contributed by atoms with E-state index in [-0.39, 0.29) is 29.9 Å². The molecule has 1 aromatic carbocycles. The van der Waals surface area contributed by atoms with Crippen LogP contribution in [0.1, 0.15) is 38.5 Å². The smallest absolute Gasteiger partial charge is 0.307 e. The van der Waals surface area contributed by atoms with Crippen LogP contribution in [-0.4, -0.2) is 53.5 Å². The number of anilines is 1. The molecule has 0 N–H and O–H groups in total. The largest absolute Gasteiger partial charge is 0.458 e. The maximum Gasteiger partial charge on any atom is 0.307 e. The molecule has 1 spiro atoms. The van der Waals surface area contributed by atoms with E-state index >= 15 is 0 Å². The lowest BCUT2D eigenvalue weighted by Gasteiger charge is -2.41. The number of hydrogen-bond acceptors (Lipinski definition) is 6. The molecule has 28 heavy (non-hydrogen) atoms. The average molecular weight is 387 g/mol. The van der Waals surface area contributed by atoms with Crippen LogP contribution in [0.4, 0.5) is 11.4 Å². The Morgan fingerprint density at radius 2 is 1.71 bits per heavy atom. The molecule has 2 saturated heterocycles. The van der Waals surface area contributed by atoms with E-state index < -0.39 is 10.5 Å². The number of nitro groups is 1. The number of non-ortho nitro benzene ring substituents is 1. The number of esters is 1. The summed E-state index contributed by atoms with van der Waals surface area (Å²) in [4.78, 5) is 39.5. The minimum atomic E-state index is -0.581. The van der Waals surface area contributed by atoms with Crippen molar-refractivity contribution in [2.45, 2.75) is 44.1 Å². The lowest BCUT2D eigenvalue weighted by molar-refractivity contribution is -0.384. The van der Waals surface area contributed by atoms with Crippen molar-refractivity contribution >= 4 is 23.3 Å². The van der Waals surface area contributed by atoms with Crippen LogP contribution in [0.15, 0.2) is 24.3 Å². The second-order valence-corrected chi connectivity index (χ2v) is 7.94. The Bertz CT molecular complexity index is 765. The highest BCUT2D eigenvalue weighted by Gasteiger charge is 2.53. The summed E-state index contributed by atoms with van der Waals surface area (Å²) in [7, 11) is 0. The first-order chi connectivity index (χ1) is 13.5. The second-order valence-electron chi connectivity index (χ2n) is 7.94. The number of benzene rings is 1. The zero-order valence-corrected chi connectivity index (χ0v) is 15.8. The maximum absolute atomic E-state index is 13.2. The molecular weight excluding hydrogens is 362 g/mol. The van der Waals surface area contributed by atoms with Crippen molar-refractivity contribution in [2.24, 2.45) is 5.92 Å². The number of carbonyl (C=O) groups excluding carboxylic acids is 2. The zero-order valence-electron chi connectivity index (χ0n) is 15.8. The number of carbonyl (C=O) groups is 2. The predicted octanol–water partition coefficient (Wildman–Crippen LogP) is 2.51. The van der Waals surface area contributed by atoms with E-state index in [1.165, 1.54) is 12.1 Å². The first-order valence-electron chi connectivity index (χ1n) is 9.99. The highest BCUT2D eigenvalue weighted by Crippen LogP contribution is 2.45. The van der Waals surface area contributed by atoms with Gasteiger partial charge in [-0.3, -0.25) is 19.7 Å². The van der Waals surface area contributed by atoms with E-state index in [0.29, 0.717) is 26.2 Å². The molecule has 1 atom stereocenters. The lowest BCUT2D eigenvalue weighted by atomic mass is 9.75. The van der Waals surface area contributed by atoms with Crippen molar-refractivity contribution in [3.05, 3.63) is 34.4 Å². The summed E-state index contributed by atoms with van der Waals surface area (Å²) in [5.41, 5.74) is 0.407. The highest BCUT2D eigenvalue weighted by atomic mass is 16.6. The number of nitro benzene ring substituents is 1. The molecule has 1 aliphatic carbocycles. The molecule has 3 fully saturated rings. The minimum Gasteiger partial charge on any atom is -0.458 e. The van der Waals surface area contributed by atoms with E-state index in [1.807, 2.05) is 4.90 Å². The summed E-state index contributed by atoms with van der Waals surface area (Å²) < 4.78 is 5.68. The third-order valence-corrected chi connectivity index (χ3v) is 6.34. The molecule has 2 heterocycles. The fourth-order valence-corrected chi connectivity index (χ4v) is 4.80. The van der Waals surface area contributed by atoms with Crippen LogP contribution in [0.2, 0.25) is 0 Å². The monoisotopic (exact) mass is 387 g/mol. The summed E-state index contributed by atoms with van der Waals surface area (Å²) in [6, 6.07) is 6.49. The van der Waals surface area contributed by atoms with Crippen LogP contribution >= 0.6 is 0 Å². The molecule has 8 heteroatoms. The molecular formula is C20H25N3O5. The van der Waals surface area contributed by atoms with Gasteiger partial charge in [-0.2, -0.15) is 0 Å². The minimum absolute atomic E-state index is 0.0381. The Morgan fingerprint density at radius 1 is 1.07 bits per heavy atom. The van der Waals surface area contributed by atoms with Gasteiger partial charge in [-0.25, -0.2) is 0 Å². The van der Waals surface area contributed by atoms with Crippen molar-refractivity contribution < 1.29 is 19.2 Å². The molecule has 1 aromatic rings. The quantitative estimate of drug-likeness (QED) is 0.449. The number of amides is 1. The van der Waals surface area contributed by atoms with Crippen molar-refractivity contribution in [1.82, 2.24) is 4.90 Å². The topological polar surface area (TPSA) is 93.0 Å². The standard InChI is InChI=1S/C20H25N3O5/c24-18-14-17(20(28-18)8-2-1-3-9-20)19(25)22-12-10-21(11-13-22)15-4-6-16(7-5-15)23(26)27/h4-7,17H,1-3,8-14H2. The van der Waals surface area contributed by atoms with Gasteiger partial charge in [0.2, 0.25) is 5.91 Å². The van der Waals surface area contributed by atoms with Crippen LogP contribution in [-0.2, 0) is 14.3 Å². The fraction of sp³-hybridized carbons (Fsp3) is 0.600. The van der Waals surface area contributed by atoms with Gasteiger partial charge in [0, 0.05) is 44.0 Å². The highest BCUT2D eigenvalue weighted by molar-refractivity contribution is 5.88. The number of ether oxygens (including phenoxy) is 1. The molecule has 8 nitrogen and oxygen atoms in total. The van der Waals surface area contributed by atoms with Crippen molar-refractivity contribution in [3.8, 4) is 0 Å². The van der Waals surface area contributed by atoms with E-state index in [2.05, 4.69) is 4.90 Å². The Hall–Kier alpha value is -2.64. The molecule has 0 radical (unpaired) electrons. The first kappa shape index (κ1) is 18.7. The van der Waals surface area contributed by atoms with Crippen molar-refractivity contribution in [1.29, 1.82) is 0 Å². The van der Waals surface area contributed by atoms with Crippen LogP contribution in [0.5, 0.6) is 0 Å². The third-order valence-electron chi connectivity index (χ3n) is 6.34. The summed E-state index contributed by atoms with van der Waals surface area (Å²) in [5.74, 6) is -0.563. The van der Waals surface area contributed by atoms with Gasteiger partial charge in [-0.1, -0.05) is 6.42 Å². The van der Waals surface area contributed by atoms with Gasteiger partial charge in [-0.15, -0.1) is 0 Å². The Kier molecular flexibility index (Phi) is 4.95. The SMILES string of the molecule is O=C1CC(C(=O)N2CCN(c3ccc([N+](=O)[O-])cc3)CC2)C2(CCCCC2)O1. The number of rotatable bonds is 3. The summed E-state index contributed by atoms with van der Waals surface area (Å²) in [6.45, 7) is 2.49. The molecule has 1 unspecified atom stereocenters. The van der Waals surface area contributed by atoms with Gasteiger partial charge in [0.1, 0.15) is 5.60 Å². The normalized spacial score (nSPS) is 24.3. The molecule has 150 valence electrons. The third kappa shape index (κ3) is 3.43. The number of piperazine rings is 1. The van der Waals surface area contributed by atoms with Gasteiger partial charge >= 0.3 is 5.97 Å². The Balaban J connectivity index is 1.39. The Labute approximate surface area is 163 Å². The van der Waals surface area contributed by atoms with E-state index in [0.717, 1.165) is 37.8 Å². The number of hydrogen-bond donors (Lipinski definition) is 0. The van der Waals surface area contributed by atoms with Crippen LogP contribution < -0.4 is 4.90 Å². The molecule has 0 bridgehead atoms. The van der Waals surface area contributed by atoms with Crippen molar-refractivity contribution in [2.75, 3.05) is 31.1 Å². The summed E-state index contributed by atoms with van der Waals surface area (Å²) >= 11 is 0.